The molecule has 0 aliphatic heterocycles. The van der Waals surface area contributed by atoms with Crippen LogP contribution < -0.4 is 11.5 Å². The van der Waals surface area contributed by atoms with Gasteiger partial charge in [0.1, 0.15) is 0 Å². The summed E-state index contributed by atoms with van der Waals surface area (Å²) in [7, 11) is 0. The van der Waals surface area contributed by atoms with Crippen molar-refractivity contribution in [2.75, 3.05) is 13.2 Å². The Morgan fingerprint density at radius 3 is 1.85 bits per heavy atom. The Labute approximate surface area is 78.7 Å². The van der Waals surface area contributed by atoms with Crippen LogP contribution in [0.3, 0.4) is 0 Å². The van der Waals surface area contributed by atoms with Crippen molar-refractivity contribution >= 4 is 6.03 Å². The molecule has 0 spiro atoms. The summed E-state index contributed by atoms with van der Waals surface area (Å²) in [6, 6.07) is -0.833. The van der Waals surface area contributed by atoms with E-state index in [0.29, 0.717) is 13.2 Å². The minimum Gasteiger partial charge on any atom is -0.352 e. The Hall–Kier alpha value is -1.07. The molecule has 0 aromatic heterocycles. The van der Waals surface area contributed by atoms with Gasteiger partial charge in [0.25, 0.3) is 0 Å². The number of carbonyl (C=O) groups is 1. The van der Waals surface area contributed by atoms with Crippen LogP contribution in [0.2, 0.25) is 0 Å². The first-order valence-electron chi connectivity index (χ1n) is 3.99. The van der Waals surface area contributed by atoms with Gasteiger partial charge in [-0.15, -0.1) is 0 Å². The molecule has 2 amide bonds. The zero-order valence-electron chi connectivity index (χ0n) is 8.16. The van der Waals surface area contributed by atoms with E-state index in [9.17, 15) is 0 Å². The highest BCUT2D eigenvalue weighted by Gasteiger charge is 1.98. The van der Waals surface area contributed by atoms with Crippen LogP contribution in [0.15, 0.2) is 12.7 Å². The normalized spacial score (nSPS) is 8.85. The number of hydrogen-bond donors (Lipinski definition) is 2. The third kappa shape index (κ3) is 18.1. The highest BCUT2D eigenvalue weighted by Crippen LogP contribution is 1.94. The van der Waals surface area contributed by atoms with Crippen LogP contribution >= 0.6 is 0 Å². The van der Waals surface area contributed by atoms with Crippen molar-refractivity contribution in [3.05, 3.63) is 12.7 Å². The Morgan fingerprint density at radius 1 is 1.38 bits per heavy atom. The molecule has 4 N–H and O–H groups in total. The van der Waals surface area contributed by atoms with Gasteiger partial charge in [0.05, 0.1) is 0 Å². The molecule has 0 aliphatic rings. The van der Waals surface area contributed by atoms with Gasteiger partial charge < -0.3 is 20.9 Å². The van der Waals surface area contributed by atoms with Crippen molar-refractivity contribution < 1.29 is 14.3 Å². The maximum atomic E-state index is 9.00. The highest BCUT2D eigenvalue weighted by molar-refractivity contribution is 5.69. The molecule has 78 valence electrons. The number of ether oxygens (including phenoxy) is 2. The Balaban J connectivity index is 0. The maximum absolute atomic E-state index is 9.00. The van der Waals surface area contributed by atoms with Crippen LogP contribution in [0.25, 0.3) is 0 Å². The molecule has 5 nitrogen and oxygen atoms in total. The standard InChI is InChI=1S/C7H14O2.CH4N2O/c1-4-7(8-5-2)9-6-3;2-1(3)4/h4,7H,1,5-6H2,2-3H3;(H4,2,3,4). The SMILES string of the molecule is C=CC(OCC)OCC.NC(N)=O. The van der Waals surface area contributed by atoms with Crippen molar-refractivity contribution in [2.45, 2.75) is 20.1 Å². The fraction of sp³-hybridized carbons (Fsp3) is 0.625. The van der Waals surface area contributed by atoms with Gasteiger partial charge in [-0.25, -0.2) is 4.79 Å². The van der Waals surface area contributed by atoms with Gasteiger partial charge in [0.15, 0.2) is 6.29 Å². The fourth-order valence-corrected chi connectivity index (χ4v) is 0.513. The summed E-state index contributed by atoms with van der Waals surface area (Å²) in [5, 5.41) is 0. The number of primary amides is 2. The quantitative estimate of drug-likeness (QED) is 0.491. The Kier molecular flexibility index (Phi) is 12.2. The lowest BCUT2D eigenvalue weighted by molar-refractivity contribution is -0.103. The third-order valence-electron chi connectivity index (χ3n) is 0.854. The molecule has 0 atom stereocenters. The van der Waals surface area contributed by atoms with E-state index in [2.05, 4.69) is 18.0 Å². The van der Waals surface area contributed by atoms with Gasteiger partial charge in [-0.2, -0.15) is 0 Å². The summed E-state index contributed by atoms with van der Waals surface area (Å²) in [5.74, 6) is 0. The molecule has 0 unspecified atom stereocenters. The number of rotatable bonds is 5. The maximum Gasteiger partial charge on any atom is 0.309 e. The number of urea groups is 1. The number of nitrogens with two attached hydrogens (primary N) is 2. The average molecular weight is 190 g/mol. The molecule has 0 aromatic rings. The topological polar surface area (TPSA) is 87.6 Å². The minimum atomic E-state index is -0.833. The predicted octanol–water partition coefficient (Wildman–Crippen LogP) is 0.595. The molecule has 0 radical (unpaired) electrons. The van der Waals surface area contributed by atoms with Gasteiger partial charge in [-0.05, 0) is 19.9 Å². The lowest BCUT2D eigenvalue weighted by Crippen LogP contribution is -2.18. The number of amides is 2. The van der Waals surface area contributed by atoms with Crippen LogP contribution in [0, 0.1) is 0 Å². The van der Waals surface area contributed by atoms with Gasteiger partial charge in [0, 0.05) is 13.2 Å². The summed E-state index contributed by atoms with van der Waals surface area (Å²) in [6.07, 6.45) is 1.42. The Bertz CT molecular complexity index is 129. The van der Waals surface area contributed by atoms with E-state index in [4.69, 9.17) is 14.3 Å². The molecular weight excluding hydrogens is 172 g/mol. The van der Waals surface area contributed by atoms with Crippen LogP contribution in [0.5, 0.6) is 0 Å². The van der Waals surface area contributed by atoms with E-state index >= 15 is 0 Å². The second-order valence-corrected chi connectivity index (χ2v) is 1.92. The molecule has 0 saturated heterocycles. The van der Waals surface area contributed by atoms with Crippen LogP contribution in [-0.2, 0) is 9.47 Å². The molecule has 0 saturated carbocycles. The first-order valence-corrected chi connectivity index (χ1v) is 3.99. The van der Waals surface area contributed by atoms with Gasteiger partial charge >= 0.3 is 6.03 Å². The van der Waals surface area contributed by atoms with Crippen molar-refractivity contribution in [3.63, 3.8) is 0 Å². The van der Waals surface area contributed by atoms with E-state index in [1.54, 1.807) is 6.08 Å². The first-order chi connectivity index (χ1) is 6.08. The zero-order valence-corrected chi connectivity index (χ0v) is 8.16. The molecule has 0 fully saturated rings. The molecule has 0 bridgehead atoms. The molecule has 0 heterocycles. The first kappa shape index (κ1) is 14.5. The summed E-state index contributed by atoms with van der Waals surface area (Å²) in [5.41, 5.74) is 8.50. The van der Waals surface area contributed by atoms with E-state index in [0.717, 1.165) is 0 Å². The summed E-state index contributed by atoms with van der Waals surface area (Å²) < 4.78 is 10.2. The second-order valence-electron chi connectivity index (χ2n) is 1.92. The van der Waals surface area contributed by atoms with E-state index < -0.39 is 6.03 Å². The lowest BCUT2D eigenvalue weighted by atomic mass is 10.6. The van der Waals surface area contributed by atoms with Crippen molar-refractivity contribution in [3.8, 4) is 0 Å². The zero-order chi connectivity index (χ0) is 10.7. The van der Waals surface area contributed by atoms with Crippen LogP contribution in [0.1, 0.15) is 13.8 Å². The molecule has 0 rings (SSSR count). The van der Waals surface area contributed by atoms with Gasteiger partial charge in [0.2, 0.25) is 0 Å². The second kappa shape index (κ2) is 10.9. The van der Waals surface area contributed by atoms with Crippen molar-refractivity contribution in [1.29, 1.82) is 0 Å². The van der Waals surface area contributed by atoms with E-state index in [1.807, 2.05) is 13.8 Å². The molecule has 5 heteroatoms. The summed E-state index contributed by atoms with van der Waals surface area (Å²) >= 11 is 0. The fourth-order valence-electron chi connectivity index (χ4n) is 0.513. The number of carbonyl (C=O) groups excluding carboxylic acids is 1. The van der Waals surface area contributed by atoms with Gasteiger partial charge in [-0.3, -0.25) is 0 Å². The third-order valence-corrected chi connectivity index (χ3v) is 0.854. The highest BCUT2D eigenvalue weighted by atomic mass is 16.7. The molecular formula is C8H18N2O3. The van der Waals surface area contributed by atoms with Crippen molar-refractivity contribution in [1.82, 2.24) is 0 Å². The van der Waals surface area contributed by atoms with E-state index in [1.165, 1.54) is 0 Å². The average Bonchev–Trinajstić information content (AvgIpc) is 2.03. The summed E-state index contributed by atoms with van der Waals surface area (Å²) in [6.45, 7) is 8.73. The molecule has 13 heavy (non-hydrogen) atoms. The minimum absolute atomic E-state index is 0.222. The summed E-state index contributed by atoms with van der Waals surface area (Å²) in [4.78, 5) is 9.00. The molecule has 0 aliphatic carbocycles. The monoisotopic (exact) mass is 190 g/mol. The van der Waals surface area contributed by atoms with Crippen molar-refractivity contribution in [2.24, 2.45) is 11.5 Å². The predicted molar refractivity (Wildman–Crippen MR) is 51.0 cm³/mol. The van der Waals surface area contributed by atoms with E-state index in [-0.39, 0.29) is 6.29 Å². The van der Waals surface area contributed by atoms with Crippen LogP contribution in [-0.4, -0.2) is 25.5 Å². The molecule has 0 aromatic carbocycles. The van der Waals surface area contributed by atoms with Crippen LogP contribution in [0.4, 0.5) is 4.79 Å². The largest absolute Gasteiger partial charge is 0.352 e. The lowest BCUT2D eigenvalue weighted by Gasteiger charge is -2.10. The Morgan fingerprint density at radius 2 is 1.69 bits per heavy atom. The smallest absolute Gasteiger partial charge is 0.309 e. The van der Waals surface area contributed by atoms with Gasteiger partial charge in [-0.1, -0.05) is 6.58 Å². The number of hydrogen-bond acceptors (Lipinski definition) is 3.